The van der Waals surface area contributed by atoms with Crippen LogP contribution in [0.2, 0.25) is 10.0 Å². The lowest BCUT2D eigenvalue weighted by molar-refractivity contribution is -0.143. The molecule has 6 atom stereocenters. The number of methoxy groups -OCH3 is 1. The van der Waals surface area contributed by atoms with Gasteiger partial charge in [-0.25, -0.2) is 9.80 Å². The van der Waals surface area contributed by atoms with Gasteiger partial charge in [0.05, 0.1) is 57.8 Å². The van der Waals surface area contributed by atoms with Crippen LogP contribution in [-0.4, -0.2) is 35.8 Å². The quantitative estimate of drug-likeness (QED) is 0.122. The molecular weight excluding hydrogens is 801 g/mol. The zero-order chi connectivity index (χ0) is 40.9. The van der Waals surface area contributed by atoms with Gasteiger partial charge in [-0.3, -0.25) is 19.2 Å². The first-order valence-electron chi connectivity index (χ1n) is 17.5. The third kappa shape index (κ3) is 5.81. The number of allylic oxidation sites excluding steroid dienone is 2. The summed E-state index contributed by atoms with van der Waals surface area (Å²) >= 11 is 12.9. The second-order valence-electron chi connectivity index (χ2n) is 14.4. The van der Waals surface area contributed by atoms with Crippen LogP contribution in [0.5, 0.6) is 11.5 Å². The third-order valence-electron chi connectivity index (χ3n) is 11.6. The van der Waals surface area contributed by atoms with Crippen LogP contribution in [-0.2, 0) is 36.9 Å². The molecule has 4 aromatic rings. The van der Waals surface area contributed by atoms with Crippen molar-refractivity contribution in [2.45, 2.75) is 36.5 Å². The van der Waals surface area contributed by atoms with Crippen molar-refractivity contribution in [3.8, 4) is 11.5 Å². The molecule has 3 fully saturated rings. The number of aromatic hydroxyl groups is 1. The van der Waals surface area contributed by atoms with E-state index in [1.54, 1.807) is 48.5 Å². The number of alkyl halides is 6. The van der Waals surface area contributed by atoms with E-state index in [1.807, 2.05) is 0 Å². The van der Waals surface area contributed by atoms with Crippen molar-refractivity contribution in [2.24, 2.45) is 23.7 Å². The molecule has 2 aliphatic heterocycles. The number of phenolic OH excluding ortho intramolecular Hbond substituents is 1. The van der Waals surface area contributed by atoms with E-state index in [9.17, 15) is 45.8 Å². The van der Waals surface area contributed by atoms with Gasteiger partial charge in [-0.2, -0.15) is 26.3 Å². The molecular formula is C41H28Cl2F6N2O6. The summed E-state index contributed by atoms with van der Waals surface area (Å²) in [5.74, 6) is -9.88. The van der Waals surface area contributed by atoms with Crippen molar-refractivity contribution in [3.63, 3.8) is 0 Å². The Hall–Kier alpha value is -5.34. The molecule has 0 bridgehead atoms. The normalized spacial score (nSPS) is 26.0. The number of carbonyl (C=O) groups excluding carboxylic acids is 4. The summed E-state index contributed by atoms with van der Waals surface area (Å²) in [6.45, 7) is 0. The number of nitrogens with zero attached hydrogens (tertiary/aromatic N) is 2. The maximum Gasteiger partial charge on any atom is 0.416 e. The van der Waals surface area contributed by atoms with Crippen LogP contribution < -0.4 is 14.5 Å². The average Bonchev–Trinajstić information content (AvgIpc) is 3.56. The number of amides is 4. The molecule has 0 aromatic heterocycles. The highest BCUT2D eigenvalue weighted by Gasteiger charge is 2.70. The fraction of sp³-hybridized carbons (Fsp3) is 0.268. The second-order valence-corrected chi connectivity index (χ2v) is 15.3. The molecule has 8 rings (SSSR count). The molecule has 4 aromatic carbocycles. The third-order valence-corrected chi connectivity index (χ3v) is 12.1. The van der Waals surface area contributed by atoms with Crippen molar-refractivity contribution in [2.75, 3.05) is 16.9 Å². The van der Waals surface area contributed by atoms with E-state index in [1.165, 1.54) is 31.4 Å². The van der Waals surface area contributed by atoms with Crippen molar-refractivity contribution >= 4 is 58.2 Å². The van der Waals surface area contributed by atoms with E-state index < -0.39 is 93.5 Å². The van der Waals surface area contributed by atoms with Crippen LogP contribution in [0.25, 0.3) is 0 Å². The zero-order valence-electron chi connectivity index (χ0n) is 29.4. The Labute approximate surface area is 330 Å². The highest BCUT2D eigenvalue weighted by Crippen LogP contribution is 2.65. The van der Waals surface area contributed by atoms with E-state index in [-0.39, 0.29) is 46.0 Å². The van der Waals surface area contributed by atoms with Gasteiger partial charge in [0.1, 0.15) is 0 Å². The molecule has 1 N–H and O–H groups in total. The predicted octanol–water partition coefficient (Wildman–Crippen LogP) is 9.11. The van der Waals surface area contributed by atoms with Crippen LogP contribution in [0.4, 0.5) is 37.7 Å². The highest BCUT2D eigenvalue weighted by atomic mass is 35.5. The molecule has 2 heterocycles. The average molecular weight is 830 g/mol. The summed E-state index contributed by atoms with van der Waals surface area (Å²) in [4.78, 5) is 60.3. The summed E-state index contributed by atoms with van der Waals surface area (Å²) < 4.78 is 89.0. The molecule has 0 spiro atoms. The number of fused-ring (bicyclic) bond motifs is 4. The van der Waals surface area contributed by atoms with E-state index in [2.05, 4.69) is 0 Å². The number of benzene rings is 4. The summed E-state index contributed by atoms with van der Waals surface area (Å²) in [6, 6.07) is 17.9. The second kappa shape index (κ2) is 13.4. The van der Waals surface area contributed by atoms with E-state index >= 15 is 4.79 Å². The van der Waals surface area contributed by atoms with Gasteiger partial charge in [-0.1, -0.05) is 71.2 Å². The molecule has 16 heteroatoms. The Morgan fingerprint density at radius 1 is 0.754 bits per heavy atom. The van der Waals surface area contributed by atoms with Gasteiger partial charge >= 0.3 is 12.4 Å². The maximum absolute atomic E-state index is 15.4. The molecule has 6 unspecified atom stereocenters. The molecule has 4 amide bonds. The van der Waals surface area contributed by atoms with Gasteiger partial charge in [-0.05, 0) is 78.4 Å². The highest BCUT2D eigenvalue weighted by molar-refractivity contribution is 6.33. The SMILES string of the molecule is COc1cc(C2C3=CCC4C(=O)N(c5cc(C(F)(F)F)cc(C(F)(F)F)c5)C(=O)C4C3CC3C(=O)N(c4cccc(Cl)c4)C(=O)C32c2ccccc2)cc(Cl)c1O. The fourth-order valence-corrected chi connectivity index (χ4v) is 9.76. The largest absolute Gasteiger partial charge is 0.503 e. The van der Waals surface area contributed by atoms with Crippen LogP contribution in [0, 0.1) is 23.7 Å². The number of carbonyl (C=O) groups is 4. The van der Waals surface area contributed by atoms with Crippen LogP contribution in [0.1, 0.15) is 41.0 Å². The lowest BCUT2D eigenvalue weighted by Gasteiger charge is -2.50. The summed E-state index contributed by atoms with van der Waals surface area (Å²) in [5, 5.41) is 10.8. The van der Waals surface area contributed by atoms with Crippen molar-refractivity contribution in [1.82, 2.24) is 0 Å². The van der Waals surface area contributed by atoms with Gasteiger partial charge < -0.3 is 9.84 Å². The van der Waals surface area contributed by atoms with Crippen LogP contribution >= 0.6 is 23.2 Å². The first kappa shape index (κ1) is 38.5. The summed E-state index contributed by atoms with van der Waals surface area (Å²) in [6.07, 6.45) is -9.26. The predicted molar refractivity (Wildman–Crippen MR) is 195 cm³/mol. The maximum atomic E-state index is 15.4. The minimum Gasteiger partial charge on any atom is -0.503 e. The minimum atomic E-state index is -5.25. The Kier molecular flexibility index (Phi) is 9.04. The van der Waals surface area contributed by atoms with E-state index in [4.69, 9.17) is 27.9 Å². The van der Waals surface area contributed by atoms with Gasteiger partial charge in [0.2, 0.25) is 23.6 Å². The number of rotatable bonds is 5. The summed E-state index contributed by atoms with van der Waals surface area (Å²) in [5.41, 5.74) is -4.81. The molecule has 0 radical (unpaired) electrons. The Balaban J connectivity index is 1.35. The fourth-order valence-electron chi connectivity index (χ4n) is 9.36. The first-order valence-corrected chi connectivity index (χ1v) is 18.3. The minimum absolute atomic E-state index is 0.0829. The smallest absolute Gasteiger partial charge is 0.416 e. The number of phenols is 1. The number of halogens is 8. The zero-order valence-corrected chi connectivity index (χ0v) is 30.9. The Morgan fingerprint density at radius 2 is 1.42 bits per heavy atom. The molecule has 2 saturated heterocycles. The topological polar surface area (TPSA) is 104 Å². The molecule has 8 nitrogen and oxygen atoms in total. The lowest BCUT2D eigenvalue weighted by Crippen LogP contribution is -2.53. The van der Waals surface area contributed by atoms with E-state index in [0.29, 0.717) is 28.2 Å². The van der Waals surface area contributed by atoms with Crippen LogP contribution in [0.3, 0.4) is 0 Å². The van der Waals surface area contributed by atoms with Gasteiger partial charge in [0, 0.05) is 10.9 Å². The van der Waals surface area contributed by atoms with Gasteiger partial charge in [-0.15, -0.1) is 0 Å². The number of hydrogen-bond acceptors (Lipinski definition) is 6. The summed E-state index contributed by atoms with van der Waals surface area (Å²) in [7, 11) is 1.28. The standard InChI is InChI=1S/C41H28Cl2F6N2O6/c1-57-31-13-19(12-30(43)34(31)52)33-26-10-11-27-32(37(55)50(35(27)53)25-15-21(40(44,45)46)14-22(16-25)41(47,48)49)28(26)18-29-36(54)51(24-9-5-8-23(42)17-24)38(56)39(29,33)20-6-3-2-4-7-20/h2-10,12-17,27-29,32-33,52H,11,18H2,1H3. The van der Waals surface area contributed by atoms with Crippen molar-refractivity contribution in [1.29, 1.82) is 0 Å². The number of anilines is 2. The first-order chi connectivity index (χ1) is 26.9. The van der Waals surface area contributed by atoms with Gasteiger partial charge in [0.25, 0.3) is 0 Å². The van der Waals surface area contributed by atoms with Crippen molar-refractivity contribution < 1.29 is 55.4 Å². The molecule has 294 valence electrons. The number of hydrogen-bond donors (Lipinski definition) is 1. The van der Waals surface area contributed by atoms with Gasteiger partial charge in [0.15, 0.2) is 11.5 Å². The van der Waals surface area contributed by atoms with E-state index in [0.717, 1.165) is 4.90 Å². The Bertz CT molecular complexity index is 2390. The molecule has 1 saturated carbocycles. The number of ether oxygens (including phenoxy) is 1. The van der Waals surface area contributed by atoms with Crippen LogP contribution in [0.15, 0.2) is 96.6 Å². The van der Waals surface area contributed by atoms with Crippen molar-refractivity contribution in [3.05, 3.63) is 129 Å². The molecule has 4 aliphatic rings. The molecule has 2 aliphatic carbocycles. The number of imide groups is 2. The monoisotopic (exact) mass is 828 g/mol. The lowest BCUT2D eigenvalue weighted by atomic mass is 9.49. The Morgan fingerprint density at radius 3 is 2.04 bits per heavy atom. The molecule has 57 heavy (non-hydrogen) atoms.